The van der Waals surface area contributed by atoms with E-state index >= 15 is 0 Å². The summed E-state index contributed by atoms with van der Waals surface area (Å²) in [6.45, 7) is 6.10. The van der Waals surface area contributed by atoms with Gasteiger partial charge in [-0.1, -0.05) is 6.92 Å². The van der Waals surface area contributed by atoms with Crippen molar-refractivity contribution in [3.05, 3.63) is 24.3 Å². The fourth-order valence-corrected chi connectivity index (χ4v) is 4.58. The summed E-state index contributed by atoms with van der Waals surface area (Å²) in [4.78, 5) is 15.1. The number of ether oxygens (including phenoxy) is 1. The van der Waals surface area contributed by atoms with Gasteiger partial charge in [0.2, 0.25) is 15.9 Å². The summed E-state index contributed by atoms with van der Waals surface area (Å²) in [5, 5.41) is 3.05. The van der Waals surface area contributed by atoms with E-state index in [4.69, 9.17) is 4.74 Å². The SMILES string of the molecule is CCOc1ccc(N([C@H](CC)C(=O)NC2CCN(C)CC2)S(C)(=O)=O)cc1. The summed E-state index contributed by atoms with van der Waals surface area (Å²) in [6.07, 6.45) is 3.27. The molecule has 1 heterocycles. The summed E-state index contributed by atoms with van der Waals surface area (Å²) in [5.74, 6) is 0.421. The number of likely N-dealkylation sites (tertiary alicyclic amines) is 1. The maximum Gasteiger partial charge on any atom is 0.244 e. The average molecular weight is 398 g/mol. The van der Waals surface area contributed by atoms with Crippen LogP contribution >= 0.6 is 0 Å². The molecule has 1 N–H and O–H groups in total. The second-order valence-electron chi connectivity index (χ2n) is 7.00. The first-order valence-electron chi connectivity index (χ1n) is 9.47. The van der Waals surface area contributed by atoms with Gasteiger partial charge in [-0.25, -0.2) is 8.42 Å². The third-order valence-corrected chi connectivity index (χ3v) is 5.98. The van der Waals surface area contributed by atoms with Crippen LogP contribution in [0.1, 0.15) is 33.1 Å². The second-order valence-corrected chi connectivity index (χ2v) is 8.86. The topological polar surface area (TPSA) is 79.0 Å². The zero-order chi connectivity index (χ0) is 20.0. The van der Waals surface area contributed by atoms with Crippen molar-refractivity contribution in [1.82, 2.24) is 10.2 Å². The van der Waals surface area contributed by atoms with Crippen LogP contribution in [0.5, 0.6) is 5.75 Å². The minimum atomic E-state index is -3.63. The van der Waals surface area contributed by atoms with Crippen molar-refractivity contribution in [2.24, 2.45) is 0 Å². The summed E-state index contributed by atoms with van der Waals surface area (Å²) in [6, 6.07) is 6.11. The molecule has 0 radical (unpaired) electrons. The normalized spacial score (nSPS) is 17.3. The number of carbonyl (C=O) groups is 1. The first-order valence-corrected chi connectivity index (χ1v) is 11.3. The standard InChI is InChI=1S/C19H31N3O4S/c1-5-18(19(23)20-15-11-13-21(3)14-12-15)22(27(4,24)25)16-7-9-17(10-8-16)26-6-2/h7-10,15,18H,5-6,11-14H2,1-4H3,(H,20,23)/t18-/m1/s1. The average Bonchev–Trinajstić information content (AvgIpc) is 2.61. The Morgan fingerprint density at radius 1 is 1.26 bits per heavy atom. The molecule has 1 aliphatic heterocycles. The number of piperidine rings is 1. The quantitative estimate of drug-likeness (QED) is 0.724. The zero-order valence-corrected chi connectivity index (χ0v) is 17.5. The van der Waals surface area contributed by atoms with Gasteiger partial charge in [0.15, 0.2) is 0 Å². The monoisotopic (exact) mass is 397 g/mol. The van der Waals surface area contributed by atoms with Crippen LogP contribution in [0.3, 0.4) is 0 Å². The smallest absolute Gasteiger partial charge is 0.244 e. The predicted octanol–water partition coefficient (Wildman–Crippen LogP) is 1.84. The predicted molar refractivity (Wildman–Crippen MR) is 108 cm³/mol. The van der Waals surface area contributed by atoms with Crippen LogP contribution in [-0.4, -0.2) is 64.3 Å². The molecule has 1 aliphatic rings. The van der Waals surface area contributed by atoms with Crippen LogP contribution < -0.4 is 14.4 Å². The van der Waals surface area contributed by atoms with Gasteiger partial charge in [-0.15, -0.1) is 0 Å². The molecule has 0 aliphatic carbocycles. The largest absolute Gasteiger partial charge is 0.494 e. The highest BCUT2D eigenvalue weighted by Crippen LogP contribution is 2.25. The second kappa shape index (κ2) is 9.41. The van der Waals surface area contributed by atoms with Crippen LogP contribution in [0.2, 0.25) is 0 Å². The molecule has 1 amide bonds. The van der Waals surface area contributed by atoms with Gasteiger partial charge in [0.25, 0.3) is 0 Å². The zero-order valence-electron chi connectivity index (χ0n) is 16.6. The Balaban J connectivity index is 2.20. The lowest BCUT2D eigenvalue weighted by molar-refractivity contribution is -0.123. The number of nitrogens with zero attached hydrogens (tertiary/aromatic N) is 2. The molecule has 0 bridgehead atoms. The van der Waals surface area contributed by atoms with Gasteiger partial charge >= 0.3 is 0 Å². The molecular formula is C19H31N3O4S. The molecule has 0 saturated carbocycles. The van der Waals surface area contributed by atoms with Crippen LogP contribution in [0, 0.1) is 0 Å². The molecule has 1 aromatic rings. The third kappa shape index (κ3) is 5.84. The number of rotatable bonds is 8. The number of sulfonamides is 1. The molecule has 1 saturated heterocycles. The molecule has 8 heteroatoms. The Morgan fingerprint density at radius 2 is 1.85 bits per heavy atom. The highest BCUT2D eigenvalue weighted by atomic mass is 32.2. The Morgan fingerprint density at radius 3 is 2.33 bits per heavy atom. The molecule has 0 spiro atoms. The van der Waals surface area contributed by atoms with Gasteiger partial charge < -0.3 is 15.0 Å². The Bertz CT molecular complexity index is 713. The van der Waals surface area contributed by atoms with Crippen LogP contribution in [0.25, 0.3) is 0 Å². The van der Waals surface area contributed by atoms with E-state index in [1.54, 1.807) is 24.3 Å². The van der Waals surface area contributed by atoms with E-state index in [1.807, 2.05) is 13.8 Å². The third-order valence-electron chi connectivity index (χ3n) is 4.80. The molecule has 1 atom stereocenters. The van der Waals surface area contributed by atoms with Gasteiger partial charge in [-0.2, -0.15) is 0 Å². The van der Waals surface area contributed by atoms with Crippen LogP contribution in [0.4, 0.5) is 5.69 Å². The number of hydrogen-bond donors (Lipinski definition) is 1. The summed E-state index contributed by atoms with van der Waals surface area (Å²) in [5.41, 5.74) is 0.464. The Hall–Kier alpha value is -1.80. The summed E-state index contributed by atoms with van der Waals surface area (Å²) < 4.78 is 31.6. The first kappa shape index (κ1) is 21.5. The van der Waals surface area contributed by atoms with Crippen molar-refractivity contribution < 1.29 is 17.9 Å². The Kier molecular flexibility index (Phi) is 7.49. The highest BCUT2D eigenvalue weighted by Gasteiger charge is 2.32. The maximum atomic E-state index is 12.9. The van der Waals surface area contributed by atoms with Crippen molar-refractivity contribution in [3.8, 4) is 5.75 Å². The number of benzene rings is 1. The van der Waals surface area contributed by atoms with Gasteiger partial charge in [-0.05, 0) is 70.6 Å². The van der Waals surface area contributed by atoms with Crippen molar-refractivity contribution in [3.63, 3.8) is 0 Å². The van der Waals surface area contributed by atoms with Gasteiger partial charge in [-0.3, -0.25) is 9.10 Å². The summed E-state index contributed by atoms with van der Waals surface area (Å²) >= 11 is 0. The Labute approximate surface area is 162 Å². The molecule has 152 valence electrons. The minimum Gasteiger partial charge on any atom is -0.494 e. The molecule has 0 unspecified atom stereocenters. The van der Waals surface area contributed by atoms with E-state index in [-0.39, 0.29) is 11.9 Å². The van der Waals surface area contributed by atoms with E-state index < -0.39 is 16.1 Å². The van der Waals surface area contributed by atoms with Crippen molar-refractivity contribution in [2.75, 3.05) is 37.3 Å². The molecule has 1 fully saturated rings. The highest BCUT2D eigenvalue weighted by molar-refractivity contribution is 7.92. The maximum absolute atomic E-state index is 12.9. The van der Waals surface area contributed by atoms with Gasteiger partial charge in [0.1, 0.15) is 11.8 Å². The number of nitrogens with one attached hydrogen (secondary N) is 1. The van der Waals surface area contributed by atoms with Crippen LogP contribution in [-0.2, 0) is 14.8 Å². The van der Waals surface area contributed by atoms with E-state index in [9.17, 15) is 13.2 Å². The number of carbonyl (C=O) groups excluding carboxylic acids is 1. The molecule has 27 heavy (non-hydrogen) atoms. The van der Waals surface area contributed by atoms with Gasteiger partial charge in [0.05, 0.1) is 18.6 Å². The lowest BCUT2D eigenvalue weighted by atomic mass is 10.0. The molecule has 2 rings (SSSR count). The molecule has 1 aromatic carbocycles. The first-order chi connectivity index (χ1) is 12.8. The lowest BCUT2D eigenvalue weighted by Crippen LogP contribution is -2.53. The summed E-state index contributed by atoms with van der Waals surface area (Å²) in [7, 11) is -1.57. The lowest BCUT2D eigenvalue weighted by Gasteiger charge is -2.34. The minimum absolute atomic E-state index is 0.0875. The number of amides is 1. The van der Waals surface area contributed by atoms with Crippen molar-refractivity contribution in [2.45, 2.75) is 45.2 Å². The van der Waals surface area contributed by atoms with Crippen molar-refractivity contribution >= 4 is 21.6 Å². The molecule has 7 nitrogen and oxygen atoms in total. The number of hydrogen-bond acceptors (Lipinski definition) is 5. The van der Waals surface area contributed by atoms with Crippen molar-refractivity contribution in [1.29, 1.82) is 0 Å². The molecule has 0 aromatic heterocycles. The van der Waals surface area contributed by atoms with E-state index in [0.717, 1.165) is 32.2 Å². The molecular weight excluding hydrogens is 366 g/mol. The fourth-order valence-electron chi connectivity index (χ4n) is 3.37. The van der Waals surface area contributed by atoms with E-state index in [2.05, 4.69) is 17.3 Å². The van der Waals surface area contributed by atoms with E-state index in [0.29, 0.717) is 24.5 Å². The fraction of sp³-hybridized carbons (Fsp3) is 0.632. The number of anilines is 1. The van der Waals surface area contributed by atoms with Gasteiger partial charge in [0, 0.05) is 6.04 Å². The van der Waals surface area contributed by atoms with Crippen LogP contribution in [0.15, 0.2) is 24.3 Å². The van der Waals surface area contributed by atoms with E-state index in [1.165, 1.54) is 4.31 Å².